The molecule has 0 aliphatic carbocycles. The zero-order chi connectivity index (χ0) is 12.4. The molecule has 2 rings (SSSR count). The van der Waals surface area contributed by atoms with Crippen LogP contribution in [0.25, 0.3) is 0 Å². The van der Waals surface area contributed by atoms with Crippen LogP contribution >= 0.6 is 22.9 Å². The minimum atomic E-state index is -0.290. The first-order valence-electron chi connectivity index (χ1n) is 5.10. The van der Waals surface area contributed by atoms with Crippen LogP contribution in [0.2, 0.25) is 4.47 Å². The van der Waals surface area contributed by atoms with E-state index in [4.69, 9.17) is 11.6 Å². The number of rotatable bonds is 2. The SMILES string of the molecule is CN1CC(NC(=O)c2nnc(Cl)s2)CCC1=O. The zero-order valence-electron chi connectivity index (χ0n) is 9.14. The lowest BCUT2D eigenvalue weighted by Gasteiger charge is -2.29. The Kier molecular flexibility index (Phi) is 3.58. The molecule has 1 aromatic rings. The minimum Gasteiger partial charge on any atom is -0.345 e. The molecule has 0 bridgehead atoms. The monoisotopic (exact) mass is 274 g/mol. The average molecular weight is 275 g/mol. The Labute approximate surface area is 107 Å². The highest BCUT2D eigenvalue weighted by Gasteiger charge is 2.25. The van der Waals surface area contributed by atoms with Gasteiger partial charge < -0.3 is 10.2 Å². The third kappa shape index (κ3) is 2.92. The number of nitrogens with one attached hydrogen (secondary N) is 1. The number of hydrogen-bond donors (Lipinski definition) is 1. The van der Waals surface area contributed by atoms with Crippen LogP contribution in [0, 0.1) is 0 Å². The number of likely N-dealkylation sites (N-methyl/N-ethyl adjacent to an activating group) is 1. The third-order valence-corrected chi connectivity index (χ3v) is 3.57. The standard InChI is InChI=1S/C9H11ClN4O2S/c1-14-4-5(2-3-6(14)15)11-7(16)8-12-13-9(10)17-8/h5H,2-4H2,1H3,(H,11,16). The molecule has 2 heterocycles. The first-order chi connectivity index (χ1) is 8.06. The van der Waals surface area contributed by atoms with Gasteiger partial charge in [-0.05, 0) is 18.0 Å². The number of piperidine rings is 1. The first kappa shape index (κ1) is 12.3. The van der Waals surface area contributed by atoms with E-state index in [-0.39, 0.29) is 27.3 Å². The molecule has 0 saturated carbocycles. The molecule has 17 heavy (non-hydrogen) atoms. The van der Waals surface area contributed by atoms with E-state index < -0.39 is 0 Å². The molecular weight excluding hydrogens is 264 g/mol. The highest BCUT2D eigenvalue weighted by Crippen LogP contribution is 2.16. The van der Waals surface area contributed by atoms with Crippen molar-refractivity contribution in [3.05, 3.63) is 9.47 Å². The van der Waals surface area contributed by atoms with Gasteiger partial charge in [0.05, 0.1) is 0 Å². The maximum Gasteiger partial charge on any atom is 0.282 e. The smallest absolute Gasteiger partial charge is 0.282 e. The van der Waals surface area contributed by atoms with Gasteiger partial charge in [-0.2, -0.15) is 0 Å². The quantitative estimate of drug-likeness (QED) is 0.854. The summed E-state index contributed by atoms with van der Waals surface area (Å²) < 4.78 is 0.242. The van der Waals surface area contributed by atoms with Crippen molar-refractivity contribution in [3.63, 3.8) is 0 Å². The summed E-state index contributed by atoms with van der Waals surface area (Å²) in [5, 5.41) is 10.3. The summed E-state index contributed by atoms with van der Waals surface area (Å²) in [6.07, 6.45) is 1.11. The van der Waals surface area contributed by atoms with Crippen LogP contribution < -0.4 is 5.32 Å². The zero-order valence-corrected chi connectivity index (χ0v) is 10.7. The predicted molar refractivity (Wildman–Crippen MR) is 63.0 cm³/mol. The van der Waals surface area contributed by atoms with Crippen molar-refractivity contribution in [2.45, 2.75) is 18.9 Å². The molecule has 2 amide bonds. The molecule has 1 saturated heterocycles. The van der Waals surface area contributed by atoms with Gasteiger partial charge in [0.1, 0.15) is 0 Å². The van der Waals surface area contributed by atoms with Crippen molar-refractivity contribution < 1.29 is 9.59 Å². The molecule has 0 spiro atoms. The summed E-state index contributed by atoms with van der Waals surface area (Å²) in [4.78, 5) is 24.6. The van der Waals surface area contributed by atoms with Crippen LogP contribution in [0.1, 0.15) is 22.6 Å². The van der Waals surface area contributed by atoms with Crippen molar-refractivity contribution in [1.82, 2.24) is 20.4 Å². The van der Waals surface area contributed by atoms with Crippen LogP contribution in [0.3, 0.4) is 0 Å². The number of carbonyl (C=O) groups excluding carboxylic acids is 2. The van der Waals surface area contributed by atoms with Gasteiger partial charge in [-0.15, -0.1) is 10.2 Å². The van der Waals surface area contributed by atoms with E-state index in [1.807, 2.05) is 0 Å². The number of likely N-dealkylation sites (tertiary alicyclic amines) is 1. The van der Waals surface area contributed by atoms with E-state index in [2.05, 4.69) is 15.5 Å². The Balaban J connectivity index is 1.93. The molecule has 92 valence electrons. The van der Waals surface area contributed by atoms with E-state index in [0.29, 0.717) is 19.4 Å². The first-order valence-corrected chi connectivity index (χ1v) is 6.29. The molecule has 1 atom stereocenters. The molecular formula is C9H11ClN4O2S. The lowest BCUT2D eigenvalue weighted by Crippen LogP contribution is -2.48. The second-order valence-electron chi connectivity index (χ2n) is 3.84. The fourth-order valence-electron chi connectivity index (χ4n) is 1.67. The normalized spacial score (nSPS) is 20.5. The molecule has 0 radical (unpaired) electrons. The lowest BCUT2D eigenvalue weighted by atomic mass is 10.1. The van der Waals surface area contributed by atoms with Crippen molar-refractivity contribution >= 4 is 34.8 Å². The summed E-state index contributed by atoms with van der Waals surface area (Å²) in [5.41, 5.74) is 0. The fourth-order valence-corrected chi connectivity index (χ4v) is 2.41. The second-order valence-corrected chi connectivity index (χ2v) is 5.40. The second kappa shape index (κ2) is 4.97. The van der Waals surface area contributed by atoms with Crippen LogP contribution in [0.4, 0.5) is 0 Å². The van der Waals surface area contributed by atoms with Gasteiger partial charge >= 0.3 is 0 Å². The molecule has 1 fully saturated rings. The lowest BCUT2D eigenvalue weighted by molar-refractivity contribution is -0.132. The van der Waals surface area contributed by atoms with Gasteiger partial charge in [-0.25, -0.2) is 0 Å². The predicted octanol–water partition coefficient (Wildman–Crippen LogP) is 0.542. The average Bonchev–Trinajstić information content (AvgIpc) is 2.70. The number of hydrogen-bond acceptors (Lipinski definition) is 5. The molecule has 8 heteroatoms. The van der Waals surface area contributed by atoms with Gasteiger partial charge in [-0.3, -0.25) is 9.59 Å². The number of aromatic nitrogens is 2. The molecule has 1 N–H and O–H groups in total. The van der Waals surface area contributed by atoms with Crippen LogP contribution in [-0.4, -0.2) is 46.5 Å². The molecule has 1 aliphatic heterocycles. The minimum absolute atomic E-state index is 0.0344. The van der Waals surface area contributed by atoms with Crippen LogP contribution in [-0.2, 0) is 4.79 Å². The van der Waals surface area contributed by atoms with E-state index >= 15 is 0 Å². The number of carbonyl (C=O) groups is 2. The van der Waals surface area contributed by atoms with Gasteiger partial charge in [0, 0.05) is 26.1 Å². The van der Waals surface area contributed by atoms with E-state index in [1.54, 1.807) is 11.9 Å². The molecule has 1 aromatic heterocycles. The van der Waals surface area contributed by atoms with E-state index in [0.717, 1.165) is 11.3 Å². The largest absolute Gasteiger partial charge is 0.345 e. The number of nitrogens with zero attached hydrogens (tertiary/aromatic N) is 3. The Morgan fingerprint density at radius 3 is 2.94 bits per heavy atom. The summed E-state index contributed by atoms with van der Waals surface area (Å²) >= 11 is 6.64. The third-order valence-electron chi connectivity index (χ3n) is 2.56. The fraction of sp³-hybridized carbons (Fsp3) is 0.556. The van der Waals surface area contributed by atoms with Crippen molar-refractivity contribution in [2.24, 2.45) is 0 Å². The topological polar surface area (TPSA) is 75.2 Å². The van der Waals surface area contributed by atoms with E-state index in [9.17, 15) is 9.59 Å². The maximum absolute atomic E-state index is 11.7. The summed E-state index contributed by atoms with van der Waals surface area (Å²) in [6, 6.07) is -0.0344. The highest BCUT2D eigenvalue weighted by atomic mass is 35.5. The Hall–Kier alpha value is -1.21. The van der Waals surface area contributed by atoms with Crippen molar-refractivity contribution in [2.75, 3.05) is 13.6 Å². The van der Waals surface area contributed by atoms with Gasteiger partial charge in [0.15, 0.2) is 0 Å². The Morgan fingerprint density at radius 1 is 1.59 bits per heavy atom. The Bertz CT molecular complexity index is 450. The van der Waals surface area contributed by atoms with Crippen molar-refractivity contribution in [1.29, 1.82) is 0 Å². The summed E-state index contributed by atoms with van der Waals surface area (Å²) in [7, 11) is 1.72. The van der Waals surface area contributed by atoms with E-state index in [1.165, 1.54) is 0 Å². The molecule has 0 aromatic carbocycles. The highest BCUT2D eigenvalue weighted by molar-refractivity contribution is 7.17. The number of amides is 2. The summed E-state index contributed by atoms with van der Waals surface area (Å²) in [5.74, 6) is -0.184. The van der Waals surface area contributed by atoms with Crippen LogP contribution in [0.5, 0.6) is 0 Å². The summed E-state index contributed by atoms with van der Waals surface area (Å²) in [6.45, 7) is 0.525. The molecule has 1 aliphatic rings. The molecule has 6 nitrogen and oxygen atoms in total. The van der Waals surface area contributed by atoms with Gasteiger partial charge in [-0.1, -0.05) is 11.3 Å². The number of halogens is 1. The maximum atomic E-state index is 11.7. The Morgan fingerprint density at radius 2 is 2.35 bits per heavy atom. The van der Waals surface area contributed by atoms with Crippen molar-refractivity contribution in [3.8, 4) is 0 Å². The van der Waals surface area contributed by atoms with Gasteiger partial charge in [0.2, 0.25) is 15.4 Å². The molecule has 1 unspecified atom stereocenters. The van der Waals surface area contributed by atoms with Crippen LogP contribution in [0.15, 0.2) is 0 Å². The van der Waals surface area contributed by atoms with Gasteiger partial charge in [0.25, 0.3) is 5.91 Å².